The highest BCUT2D eigenvalue weighted by atomic mass is 16.6. The maximum Gasteiger partial charge on any atom is 0.343 e. The van der Waals surface area contributed by atoms with E-state index in [1.807, 2.05) is 0 Å². The van der Waals surface area contributed by atoms with E-state index >= 15 is 0 Å². The van der Waals surface area contributed by atoms with Crippen LogP contribution in [0.4, 0.5) is 0 Å². The van der Waals surface area contributed by atoms with Gasteiger partial charge >= 0.3 is 5.97 Å². The van der Waals surface area contributed by atoms with E-state index < -0.39 is 5.97 Å². The van der Waals surface area contributed by atoms with Crippen LogP contribution in [0.5, 0.6) is 11.5 Å². The summed E-state index contributed by atoms with van der Waals surface area (Å²) >= 11 is 0. The van der Waals surface area contributed by atoms with Crippen molar-refractivity contribution in [3.63, 3.8) is 0 Å². The van der Waals surface area contributed by atoms with Gasteiger partial charge in [0.1, 0.15) is 0 Å². The van der Waals surface area contributed by atoms with Gasteiger partial charge in [-0.05, 0) is 48.0 Å². The number of methoxy groups -OCH3 is 1. The molecule has 0 bridgehead atoms. The number of amides is 1. The molecule has 0 fully saturated rings. The van der Waals surface area contributed by atoms with E-state index in [0.29, 0.717) is 22.4 Å². The predicted molar refractivity (Wildman–Crippen MR) is 101 cm³/mol. The Morgan fingerprint density at radius 2 is 1.57 bits per heavy atom. The Bertz CT molecular complexity index is 992. The number of carbonyl (C=O) groups excluding carboxylic acids is 2. The van der Waals surface area contributed by atoms with Crippen molar-refractivity contribution in [2.75, 3.05) is 7.11 Å². The Balaban J connectivity index is 1.67. The van der Waals surface area contributed by atoms with Crippen LogP contribution < -0.4 is 14.9 Å². The van der Waals surface area contributed by atoms with Crippen LogP contribution in [0.3, 0.4) is 0 Å². The minimum absolute atomic E-state index is 0.266. The van der Waals surface area contributed by atoms with Crippen LogP contribution in [0.1, 0.15) is 26.3 Å². The first-order chi connectivity index (χ1) is 13.7. The van der Waals surface area contributed by atoms with Crippen molar-refractivity contribution in [1.29, 1.82) is 0 Å². The van der Waals surface area contributed by atoms with Gasteiger partial charge in [-0.15, -0.1) is 0 Å². The van der Waals surface area contributed by atoms with E-state index in [0.717, 1.165) is 0 Å². The molecule has 0 aliphatic carbocycles. The highest BCUT2D eigenvalue weighted by molar-refractivity contribution is 5.95. The van der Waals surface area contributed by atoms with Crippen LogP contribution >= 0.6 is 0 Å². The maximum absolute atomic E-state index is 12.2. The molecule has 0 aliphatic heterocycles. The van der Waals surface area contributed by atoms with Crippen LogP contribution in [-0.4, -0.2) is 35.2 Å². The zero-order chi connectivity index (χ0) is 19.8. The lowest BCUT2D eigenvalue weighted by Crippen LogP contribution is -2.17. The molecule has 0 saturated carbocycles. The van der Waals surface area contributed by atoms with Crippen molar-refractivity contribution in [3.05, 3.63) is 83.9 Å². The average molecular weight is 376 g/mol. The van der Waals surface area contributed by atoms with Crippen LogP contribution in [-0.2, 0) is 0 Å². The first kappa shape index (κ1) is 18.7. The number of ether oxygens (including phenoxy) is 2. The second kappa shape index (κ2) is 9.04. The van der Waals surface area contributed by atoms with Crippen LogP contribution in [0.25, 0.3) is 0 Å². The fourth-order valence-corrected chi connectivity index (χ4v) is 2.23. The van der Waals surface area contributed by atoms with Crippen LogP contribution in [0.15, 0.2) is 72.4 Å². The number of esters is 1. The molecular formula is C20H16N4O4. The summed E-state index contributed by atoms with van der Waals surface area (Å²) in [6.45, 7) is 0. The monoisotopic (exact) mass is 376 g/mol. The fourth-order valence-electron chi connectivity index (χ4n) is 2.23. The number of aromatic nitrogens is 2. The molecule has 1 aromatic carbocycles. The van der Waals surface area contributed by atoms with Crippen LogP contribution in [0, 0.1) is 0 Å². The van der Waals surface area contributed by atoms with Gasteiger partial charge in [-0.2, -0.15) is 5.10 Å². The van der Waals surface area contributed by atoms with Gasteiger partial charge in [0.25, 0.3) is 5.91 Å². The topological polar surface area (TPSA) is 103 Å². The number of rotatable bonds is 6. The Hall–Kier alpha value is -4.07. The van der Waals surface area contributed by atoms with Crippen molar-refractivity contribution >= 4 is 18.1 Å². The Morgan fingerprint density at radius 3 is 2.21 bits per heavy atom. The minimum atomic E-state index is -0.522. The summed E-state index contributed by atoms with van der Waals surface area (Å²) in [5.74, 6) is -0.255. The largest absolute Gasteiger partial charge is 0.493 e. The average Bonchev–Trinajstić information content (AvgIpc) is 2.75. The second-order valence-corrected chi connectivity index (χ2v) is 5.47. The van der Waals surface area contributed by atoms with Crippen LogP contribution in [0.2, 0.25) is 0 Å². The summed E-state index contributed by atoms with van der Waals surface area (Å²) in [4.78, 5) is 31.8. The molecule has 28 heavy (non-hydrogen) atoms. The van der Waals surface area contributed by atoms with Gasteiger partial charge in [0.2, 0.25) is 0 Å². The molecule has 0 unspecified atom stereocenters. The van der Waals surface area contributed by atoms with Gasteiger partial charge in [0.05, 0.1) is 18.9 Å². The molecule has 0 radical (unpaired) electrons. The molecule has 2 aromatic heterocycles. The molecule has 8 heteroatoms. The highest BCUT2D eigenvalue weighted by Gasteiger charge is 2.12. The van der Waals surface area contributed by atoms with Gasteiger partial charge < -0.3 is 9.47 Å². The third-order valence-corrected chi connectivity index (χ3v) is 3.63. The Kier molecular flexibility index (Phi) is 6.04. The summed E-state index contributed by atoms with van der Waals surface area (Å²) in [6, 6.07) is 11.2. The standard InChI is InChI=1S/C20H16N4O4/c1-27-18-12-14(13-23-24-19(25)15-4-8-21-9-5-15)2-3-17(18)28-20(26)16-6-10-22-11-7-16/h2-13H,1H3,(H,24,25)/b23-13-. The highest BCUT2D eigenvalue weighted by Crippen LogP contribution is 2.28. The molecule has 1 N–H and O–H groups in total. The van der Waals surface area contributed by atoms with E-state index in [9.17, 15) is 9.59 Å². The predicted octanol–water partition coefficient (Wildman–Crippen LogP) is 2.47. The molecule has 1 amide bonds. The molecule has 0 saturated heterocycles. The summed E-state index contributed by atoms with van der Waals surface area (Å²) < 4.78 is 10.6. The molecule has 3 aromatic rings. The van der Waals surface area contributed by atoms with Gasteiger partial charge in [-0.25, -0.2) is 10.2 Å². The van der Waals surface area contributed by atoms with Gasteiger partial charge in [-0.1, -0.05) is 0 Å². The fraction of sp³-hybridized carbons (Fsp3) is 0.0500. The van der Waals surface area contributed by atoms with Crippen molar-refractivity contribution < 1.29 is 19.1 Å². The SMILES string of the molecule is COc1cc(/C=N\NC(=O)c2ccncc2)ccc1OC(=O)c1ccncc1. The minimum Gasteiger partial charge on any atom is -0.493 e. The number of pyridine rings is 2. The third kappa shape index (κ3) is 4.76. The van der Waals surface area contributed by atoms with Gasteiger partial charge in [0, 0.05) is 30.4 Å². The molecule has 8 nitrogen and oxygen atoms in total. The van der Waals surface area contributed by atoms with Gasteiger partial charge in [-0.3, -0.25) is 14.8 Å². The van der Waals surface area contributed by atoms with Crippen molar-refractivity contribution in [2.24, 2.45) is 5.10 Å². The number of hydrogen-bond donors (Lipinski definition) is 1. The number of nitrogens with zero attached hydrogens (tertiary/aromatic N) is 3. The Labute approximate surface area is 160 Å². The normalized spacial score (nSPS) is 10.5. The second-order valence-electron chi connectivity index (χ2n) is 5.47. The zero-order valence-corrected chi connectivity index (χ0v) is 14.9. The number of carbonyl (C=O) groups is 2. The quantitative estimate of drug-likeness (QED) is 0.307. The lowest BCUT2D eigenvalue weighted by Gasteiger charge is -2.09. The summed E-state index contributed by atoms with van der Waals surface area (Å²) in [5.41, 5.74) is 3.90. The maximum atomic E-state index is 12.2. The van der Waals surface area contributed by atoms with Crippen molar-refractivity contribution in [1.82, 2.24) is 15.4 Å². The first-order valence-electron chi connectivity index (χ1n) is 8.21. The summed E-state index contributed by atoms with van der Waals surface area (Å²) in [6.07, 6.45) is 7.52. The molecule has 3 rings (SSSR count). The number of benzene rings is 1. The third-order valence-electron chi connectivity index (χ3n) is 3.63. The lowest BCUT2D eigenvalue weighted by molar-refractivity contribution is 0.0729. The molecule has 0 aliphatic rings. The van der Waals surface area contributed by atoms with Gasteiger partial charge in [0.15, 0.2) is 11.5 Å². The first-order valence-corrected chi connectivity index (χ1v) is 8.21. The smallest absolute Gasteiger partial charge is 0.343 e. The summed E-state index contributed by atoms with van der Waals surface area (Å²) in [7, 11) is 1.46. The molecule has 0 spiro atoms. The van der Waals surface area contributed by atoms with E-state index in [4.69, 9.17) is 9.47 Å². The van der Waals surface area contributed by atoms with E-state index in [-0.39, 0.29) is 11.7 Å². The number of hydrogen-bond acceptors (Lipinski definition) is 7. The van der Waals surface area contributed by atoms with E-state index in [1.165, 1.54) is 38.1 Å². The molecule has 2 heterocycles. The molecule has 0 atom stereocenters. The molecule has 140 valence electrons. The molecular weight excluding hydrogens is 360 g/mol. The van der Waals surface area contributed by atoms with E-state index in [1.54, 1.807) is 42.5 Å². The summed E-state index contributed by atoms with van der Waals surface area (Å²) in [5, 5.41) is 3.92. The van der Waals surface area contributed by atoms with E-state index in [2.05, 4.69) is 20.5 Å². The zero-order valence-electron chi connectivity index (χ0n) is 14.9. The lowest BCUT2D eigenvalue weighted by atomic mass is 10.2. The number of nitrogens with one attached hydrogen (secondary N) is 1. The van der Waals surface area contributed by atoms with Crippen molar-refractivity contribution in [2.45, 2.75) is 0 Å². The van der Waals surface area contributed by atoms with Crippen molar-refractivity contribution in [3.8, 4) is 11.5 Å². The Morgan fingerprint density at radius 1 is 0.929 bits per heavy atom. The number of hydrazone groups is 1.